The van der Waals surface area contributed by atoms with Gasteiger partial charge in [-0.25, -0.2) is 0 Å². The van der Waals surface area contributed by atoms with E-state index in [4.69, 9.17) is 4.74 Å². The number of methoxy groups -OCH3 is 1. The van der Waals surface area contributed by atoms with E-state index in [1.165, 1.54) is 31.2 Å². The maximum Gasteiger partial charge on any atom is 0.0818 e. The lowest BCUT2D eigenvalue weighted by Gasteiger charge is -2.18. The van der Waals surface area contributed by atoms with Crippen LogP contribution in [-0.2, 0) is 11.2 Å². The first-order valence-electron chi connectivity index (χ1n) is 6.57. The van der Waals surface area contributed by atoms with E-state index in [0.717, 1.165) is 18.6 Å². The molecule has 1 atom stereocenters. The molecule has 0 bridgehead atoms. The van der Waals surface area contributed by atoms with E-state index < -0.39 is 0 Å². The fourth-order valence-electron chi connectivity index (χ4n) is 2.65. The molecular weight excluding hydrogens is 212 g/mol. The molecule has 2 rings (SSSR count). The third-order valence-electron chi connectivity index (χ3n) is 3.76. The summed E-state index contributed by atoms with van der Waals surface area (Å²) in [6, 6.07) is 8.33. The summed E-state index contributed by atoms with van der Waals surface area (Å²) < 4.78 is 5.06. The van der Waals surface area contributed by atoms with Crippen LogP contribution in [0.4, 0.5) is 0 Å². The molecule has 0 saturated heterocycles. The Balaban J connectivity index is 1.96. The van der Waals surface area contributed by atoms with E-state index in [2.05, 4.69) is 24.3 Å². The van der Waals surface area contributed by atoms with E-state index in [9.17, 15) is 5.11 Å². The molecule has 1 aromatic rings. The van der Waals surface area contributed by atoms with Gasteiger partial charge in [-0.05, 0) is 36.3 Å². The first-order valence-corrected chi connectivity index (χ1v) is 6.57. The number of benzene rings is 1. The number of ether oxygens (including phenoxy) is 1. The lowest BCUT2D eigenvalue weighted by molar-refractivity contribution is 0.111. The van der Waals surface area contributed by atoms with Crippen molar-refractivity contribution in [3.8, 4) is 0 Å². The highest BCUT2D eigenvalue weighted by molar-refractivity contribution is 5.24. The molecule has 1 fully saturated rings. The van der Waals surface area contributed by atoms with Crippen molar-refractivity contribution in [3.05, 3.63) is 35.4 Å². The van der Waals surface area contributed by atoms with Crippen LogP contribution >= 0.6 is 0 Å². The fraction of sp³-hybridized carbons (Fsp3) is 0.600. The van der Waals surface area contributed by atoms with E-state index in [0.29, 0.717) is 5.92 Å². The summed E-state index contributed by atoms with van der Waals surface area (Å²) in [5, 5.41) is 10.3. The van der Waals surface area contributed by atoms with Gasteiger partial charge in [0.05, 0.1) is 12.7 Å². The Labute approximate surface area is 104 Å². The van der Waals surface area contributed by atoms with Gasteiger partial charge in [0.25, 0.3) is 0 Å². The Morgan fingerprint density at radius 1 is 1.24 bits per heavy atom. The van der Waals surface area contributed by atoms with E-state index >= 15 is 0 Å². The topological polar surface area (TPSA) is 29.5 Å². The Kier molecular flexibility index (Phi) is 4.57. The van der Waals surface area contributed by atoms with E-state index in [1.807, 2.05) is 0 Å². The van der Waals surface area contributed by atoms with Crippen molar-refractivity contribution in [2.75, 3.05) is 13.7 Å². The molecule has 1 N–H and O–H groups in total. The largest absolute Gasteiger partial charge is 0.388 e. The Morgan fingerprint density at radius 3 is 2.47 bits per heavy atom. The molecule has 0 aliphatic heterocycles. The Morgan fingerprint density at radius 2 is 1.88 bits per heavy atom. The molecule has 0 heterocycles. The van der Waals surface area contributed by atoms with Gasteiger partial charge in [-0.3, -0.25) is 0 Å². The molecule has 0 spiro atoms. The van der Waals surface area contributed by atoms with Gasteiger partial charge >= 0.3 is 0 Å². The van der Waals surface area contributed by atoms with Gasteiger partial charge in [0.1, 0.15) is 0 Å². The van der Waals surface area contributed by atoms with Crippen LogP contribution in [0.2, 0.25) is 0 Å². The number of hydrogen-bond donors (Lipinski definition) is 1. The van der Waals surface area contributed by atoms with Crippen LogP contribution < -0.4 is 0 Å². The Hall–Kier alpha value is -0.860. The zero-order valence-electron chi connectivity index (χ0n) is 10.6. The highest BCUT2D eigenvalue weighted by Gasteiger charge is 2.24. The summed E-state index contributed by atoms with van der Waals surface area (Å²) in [6.45, 7) is 0.754. The maximum absolute atomic E-state index is 10.3. The lowest BCUT2D eigenvalue weighted by atomic mass is 9.94. The smallest absolute Gasteiger partial charge is 0.0818 e. The summed E-state index contributed by atoms with van der Waals surface area (Å²) in [5.74, 6) is 0.472. The van der Waals surface area contributed by atoms with Gasteiger partial charge in [-0.2, -0.15) is 0 Å². The minimum absolute atomic E-state index is 0.269. The highest BCUT2D eigenvalue weighted by Crippen LogP contribution is 2.35. The summed E-state index contributed by atoms with van der Waals surface area (Å²) in [6.07, 6.45) is 5.56. The van der Waals surface area contributed by atoms with Crippen LogP contribution in [-0.4, -0.2) is 18.8 Å². The molecule has 2 heteroatoms. The van der Waals surface area contributed by atoms with Gasteiger partial charge in [0, 0.05) is 7.11 Å². The fourth-order valence-corrected chi connectivity index (χ4v) is 2.65. The zero-order valence-corrected chi connectivity index (χ0v) is 10.6. The van der Waals surface area contributed by atoms with Crippen LogP contribution in [0.1, 0.15) is 42.9 Å². The summed E-state index contributed by atoms with van der Waals surface area (Å²) in [4.78, 5) is 0. The molecule has 1 aliphatic carbocycles. The molecule has 1 aliphatic rings. The van der Waals surface area contributed by atoms with Gasteiger partial charge in [-0.1, -0.05) is 37.1 Å². The molecular formula is C15H22O2. The molecule has 2 nitrogen and oxygen atoms in total. The van der Waals surface area contributed by atoms with Crippen molar-refractivity contribution in [1.29, 1.82) is 0 Å². The first kappa shape index (κ1) is 12.6. The first-order chi connectivity index (χ1) is 8.31. The SMILES string of the molecule is COCCc1ccc(C(O)C2CCCC2)cc1. The maximum atomic E-state index is 10.3. The average molecular weight is 234 g/mol. The minimum Gasteiger partial charge on any atom is -0.388 e. The number of rotatable bonds is 5. The number of hydrogen-bond acceptors (Lipinski definition) is 2. The molecule has 1 aromatic carbocycles. The summed E-state index contributed by atoms with van der Waals surface area (Å²) >= 11 is 0. The average Bonchev–Trinajstić information content (AvgIpc) is 2.90. The molecule has 0 aromatic heterocycles. The van der Waals surface area contributed by atoms with Gasteiger partial charge < -0.3 is 9.84 Å². The lowest BCUT2D eigenvalue weighted by Crippen LogP contribution is -2.08. The summed E-state index contributed by atoms with van der Waals surface area (Å²) in [7, 11) is 1.72. The highest BCUT2D eigenvalue weighted by atomic mass is 16.5. The molecule has 0 radical (unpaired) electrons. The second-order valence-electron chi connectivity index (χ2n) is 4.97. The van der Waals surface area contributed by atoms with Crippen LogP contribution in [0, 0.1) is 5.92 Å². The third-order valence-corrected chi connectivity index (χ3v) is 3.76. The predicted molar refractivity (Wildman–Crippen MR) is 68.9 cm³/mol. The molecule has 1 unspecified atom stereocenters. The van der Waals surface area contributed by atoms with E-state index in [1.54, 1.807) is 7.11 Å². The van der Waals surface area contributed by atoms with Crippen LogP contribution in [0.3, 0.4) is 0 Å². The van der Waals surface area contributed by atoms with Crippen LogP contribution in [0.15, 0.2) is 24.3 Å². The monoisotopic (exact) mass is 234 g/mol. The third kappa shape index (κ3) is 3.30. The van der Waals surface area contributed by atoms with Crippen molar-refractivity contribution in [3.63, 3.8) is 0 Å². The molecule has 94 valence electrons. The van der Waals surface area contributed by atoms with Crippen molar-refractivity contribution < 1.29 is 9.84 Å². The van der Waals surface area contributed by atoms with Crippen molar-refractivity contribution in [2.45, 2.75) is 38.2 Å². The normalized spacial score (nSPS) is 18.5. The standard InChI is InChI=1S/C15H22O2/c1-17-11-10-12-6-8-14(9-7-12)15(16)13-4-2-3-5-13/h6-9,13,15-16H,2-5,10-11H2,1H3. The second kappa shape index (κ2) is 6.18. The van der Waals surface area contributed by atoms with Gasteiger partial charge in [0.2, 0.25) is 0 Å². The Bertz CT molecular complexity index is 325. The summed E-state index contributed by atoms with van der Waals surface area (Å²) in [5.41, 5.74) is 2.34. The number of aliphatic hydroxyl groups excluding tert-OH is 1. The molecule has 1 saturated carbocycles. The molecule has 17 heavy (non-hydrogen) atoms. The molecule has 0 amide bonds. The quantitative estimate of drug-likeness (QED) is 0.848. The second-order valence-corrected chi connectivity index (χ2v) is 4.97. The van der Waals surface area contributed by atoms with Crippen molar-refractivity contribution in [2.24, 2.45) is 5.92 Å². The van der Waals surface area contributed by atoms with E-state index in [-0.39, 0.29) is 6.10 Å². The van der Waals surface area contributed by atoms with Crippen LogP contribution in [0.25, 0.3) is 0 Å². The van der Waals surface area contributed by atoms with Crippen molar-refractivity contribution in [1.82, 2.24) is 0 Å². The predicted octanol–water partition coefficient (Wildman–Crippen LogP) is 3.10. The van der Waals surface area contributed by atoms with Crippen LogP contribution in [0.5, 0.6) is 0 Å². The zero-order chi connectivity index (χ0) is 12.1. The van der Waals surface area contributed by atoms with Crippen molar-refractivity contribution >= 4 is 0 Å². The van der Waals surface area contributed by atoms with Gasteiger partial charge in [0.15, 0.2) is 0 Å². The number of aliphatic hydroxyl groups is 1. The van der Waals surface area contributed by atoms with Gasteiger partial charge in [-0.15, -0.1) is 0 Å². The minimum atomic E-state index is -0.269.